The van der Waals surface area contributed by atoms with E-state index >= 15 is 0 Å². The first-order valence-corrected chi connectivity index (χ1v) is 6.90. The Morgan fingerprint density at radius 3 is 2.89 bits per heavy atom. The first-order valence-electron chi connectivity index (χ1n) is 6.90. The predicted octanol–water partition coefficient (Wildman–Crippen LogP) is 0.865. The second-order valence-corrected chi connectivity index (χ2v) is 5.32. The van der Waals surface area contributed by atoms with Crippen molar-refractivity contribution in [1.29, 1.82) is 0 Å². The average molecular weight is 265 g/mol. The van der Waals surface area contributed by atoms with Gasteiger partial charge in [0.1, 0.15) is 5.69 Å². The Hall–Kier alpha value is -1.33. The smallest absolute Gasteiger partial charge is 0.270 e. The third kappa shape index (κ3) is 3.36. The number of hydrogen-bond acceptors (Lipinski definition) is 3. The molecule has 1 saturated heterocycles. The molecule has 1 fully saturated rings. The van der Waals surface area contributed by atoms with Crippen molar-refractivity contribution in [3.8, 4) is 0 Å². The number of piperidine rings is 1. The zero-order chi connectivity index (χ0) is 13.8. The third-order valence-corrected chi connectivity index (χ3v) is 3.58. The highest BCUT2D eigenvalue weighted by atomic mass is 16.3. The van der Waals surface area contributed by atoms with Crippen LogP contribution in [-0.2, 0) is 0 Å². The lowest BCUT2D eigenvalue weighted by atomic mass is 10.1. The molecule has 0 aromatic carbocycles. The molecule has 5 heteroatoms. The lowest BCUT2D eigenvalue weighted by molar-refractivity contribution is 0.0690. The van der Waals surface area contributed by atoms with E-state index in [0.29, 0.717) is 12.6 Å². The number of aliphatic hydroxyl groups is 1. The number of rotatable bonds is 4. The van der Waals surface area contributed by atoms with Crippen molar-refractivity contribution < 1.29 is 9.90 Å². The molecular weight excluding hydrogens is 242 g/mol. The number of aromatic nitrogens is 1. The minimum Gasteiger partial charge on any atom is -0.392 e. The Bertz CT molecular complexity index is 422. The van der Waals surface area contributed by atoms with Crippen LogP contribution in [0.4, 0.5) is 0 Å². The lowest BCUT2D eigenvalue weighted by Crippen LogP contribution is -2.36. The van der Waals surface area contributed by atoms with Gasteiger partial charge in [0, 0.05) is 25.8 Å². The number of carbonyl (C=O) groups excluding carboxylic acids is 1. The fourth-order valence-corrected chi connectivity index (χ4v) is 2.65. The highest BCUT2D eigenvalue weighted by molar-refractivity contribution is 5.92. The van der Waals surface area contributed by atoms with E-state index < -0.39 is 6.10 Å². The molecular formula is C14H23N3O2. The highest BCUT2D eigenvalue weighted by Gasteiger charge is 2.22. The summed E-state index contributed by atoms with van der Waals surface area (Å²) >= 11 is 0. The molecule has 2 rings (SSSR count). The van der Waals surface area contributed by atoms with E-state index in [-0.39, 0.29) is 5.91 Å². The van der Waals surface area contributed by atoms with Crippen molar-refractivity contribution in [2.24, 2.45) is 0 Å². The third-order valence-electron chi connectivity index (χ3n) is 3.58. The molecule has 1 atom stereocenters. The largest absolute Gasteiger partial charge is 0.392 e. The van der Waals surface area contributed by atoms with Crippen molar-refractivity contribution >= 4 is 5.91 Å². The van der Waals surface area contributed by atoms with Gasteiger partial charge in [0.15, 0.2) is 0 Å². The Labute approximate surface area is 114 Å². The van der Waals surface area contributed by atoms with Crippen LogP contribution in [0.2, 0.25) is 0 Å². The first-order chi connectivity index (χ1) is 9.09. The monoisotopic (exact) mass is 265 g/mol. The maximum Gasteiger partial charge on any atom is 0.270 e. The molecule has 106 valence electrons. The summed E-state index contributed by atoms with van der Waals surface area (Å²) in [5.74, 6) is -0.0237. The number of nitrogens with one attached hydrogen (secondary N) is 1. The van der Waals surface area contributed by atoms with Gasteiger partial charge in [-0.15, -0.1) is 0 Å². The molecule has 0 spiro atoms. The van der Waals surface area contributed by atoms with Crippen LogP contribution in [0.1, 0.15) is 36.3 Å². The maximum atomic E-state index is 12.4. The molecule has 1 aliphatic heterocycles. The van der Waals surface area contributed by atoms with Crippen LogP contribution in [-0.4, -0.2) is 53.3 Å². The number of hydrogen-bond donors (Lipinski definition) is 2. The van der Waals surface area contributed by atoms with Gasteiger partial charge < -0.3 is 19.9 Å². The van der Waals surface area contributed by atoms with Crippen LogP contribution in [0.5, 0.6) is 0 Å². The van der Waals surface area contributed by atoms with E-state index in [1.165, 1.54) is 0 Å². The number of likely N-dealkylation sites (N-methyl/N-ethyl adjacent to an activating group) is 1. The van der Waals surface area contributed by atoms with Gasteiger partial charge in [-0.2, -0.15) is 0 Å². The van der Waals surface area contributed by atoms with Gasteiger partial charge in [-0.05, 0) is 45.0 Å². The topological polar surface area (TPSA) is 57.5 Å². The van der Waals surface area contributed by atoms with Crippen LogP contribution in [0, 0.1) is 0 Å². The SMILES string of the molecule is CC(O)CN(C)C(=O)c1cccn1C1CCNCC1. The van der Waals surface area contributed by atoms with Crippen LogP contribution in [0.15, 0.2) is 18.3 Å². The fourth-order valence-electron chi connectivity index (χ4n) is 2.65. The molecule has 1 aliphatic rings. The van der Waals surface area contributed by atoms with Gasteiger partial charge in [0.2, 0.25) is 0 Å². The van der Waals surface area contributed by atoms with Crippen LogP contribution >= 0.6 is 0 Å². The maximum absolute atomic E-state index is 12.4. The molecule has 0 aliphatic carbocycles. The van der Waals surface area contributed by atoms with Gasteiger partial charge in [-0.1, -0.05) is 0 Å². The zero-order valence-electron chi connectivity index (χ0n) is 11.7. The van der Waals surface area contributed by atoms with E-state index in [9.17, 15) is 9.90 Å². The summed E-state index contributed by atoms with van der Waals surface area (Å²) in [5, 5.41) is 12.7. The van der Waals surface area contributed by atoms with Crippen LogP contribution < -0.4 is 5.32 Å². The summed E-state index contributed by atoms with van der Waals surface area (Å²) in [6.07, 6.45) is 3.58. The van der Waals surface area contributed by atoms with Gasteiger partial charge in [0.05, 0.1) is 6.10 Å². The van der Waals surface area contributed by atoms with Crippen LogP contribution in [0.25, 0.3) is 0 Å². The molecule has 2 N–H and O–H groups in total. The van der Waals surface area contributed by atoms with Gasteiger partial charge >= 0.3 is 0 Å². The molecule has 0 radical (unpaired) electrons. The molecule has 1 aromatic heterocycles. The minimum absolute atomic E-state index is 0.0237. The van der Waals surface area contributed by atoms with E-state index in [0.717, 1.165) is 31.6 Å². The summed E-state index contributed by atoms with van der Waals surface area (Å²) in [6.45, 7) is 4.05. The Morgan fingerprint density at radius 1 is 1.58 bits per heavy atom. The molecule has 1 unspecified atom stereocenters. The first kappa shape index (κ1) is 14.1. The fraction of sp³-hybridized carbons (Fsp3) is 0.643. The molecule has 1 aromatic rings. The van der Waals surface area contributed by atoms with Crippen molar-refractivity contribution in [2.75, 3.05) is 26.7 Å². The Balaban J connectivity index is 2.11. The Kier molecular flexibility index (Phi) is 4.61. The van der Waals surface area contributed by atoms with Crippen molar-refractivity contribution in [1.82, 2.24) is 14.8 Å². The number of aliphatic hydroxyl groups excluding tert-OH is 1. The quantitative estimate of drug-likeness (QED) is 0.849. The van der Waals surface area contributed by atoms with E-state index in [1.54, 1.807) is 18.9 Å². The minimum atomic E-state index is -0.503. The molecule has 1 amide bonds. The van der Waals surface area contributed by atoms with E-state index in [2.05, 4.69) is 9.88 Å². The molecule has 0 saturated carbocycles. The van der Waals surface area contributed by atoms with Crippen molar-refractivity contribution in [3.63, 3.8) is 0 Å². The highest BCUT2D eigenvalue weighted by Crippen LogP contribution is 2.21. The predicted molar refractivity (Wildman–Crippen MR) is 74.2 cm³/mol. The summed E-state index contributed by atoms with van der Waals surface area (Å²) < 4.78 is 2.09. The Morgan fingerprint density at radius 2 is 2.26 bits per heavy atom. The van der Waals surface area contributed by atoms with Gasteiger partial charge in [-0.3, -0.25) is 4.79 Å². The molecule has 19 heavy (non-hydrogen) atoms. The van der Waals surface area contributed by atoms with E-state index in [1.807, 2.05) is 18.3 Å². The second-order valence-electron chi connectivity index (χ2n) is 5.32. The number of amides is 1. The number of carbonyl (C=O) groups is 1. The molecule has 0 bridgehead atoms. The standard InChI is InChI=1S/C14H23N3O2/c1-11(18)10-16(2)14(19)13-4-3-9-17(13)12-5-7-15-8-6-12/h3-4,9,11-12,15,18H,5-8,10H2,1-2H3. The van der Waals surface area contributed by atoms with Crippen LogP contribution in [0.3, 0.4) is 0 Å². The summed E-state index contributed by atoms with van der Waals surface area (Å²) in [7, 11) is 1.73. The molecule has 5 nitrogen and oxygen atoms in total. The van der Waals surface area contributed by atoms with E-state index in [4.69, 9.17) is 0 Å². The zero-order valence-corrected chi connectivity index (χ0v) is 11.7. The van der Waals surface area contributed by atoms with Crippen molar-refractivity contribution in [3.05, 3.63) is 24.0 Å². The summed E-state index contributed by atoms with van der Waals surface area (Å²) in [5.41, 5.74) is 0.718. The average Bonchev–Trinajstić information content (AvgIpc) is 2.87. The van der Waals surface area contributed by atoms with Gasteiger partial charge in [0.25, 0.3) is 5.91 Å². The van der Waals surface area contributed by atoms with Crippen molar-refractivity contribution in [2.45, 2.75) is 31.9 Å². The lowest BCUT2D eigenvalue weighted by Gasteiger charge is -2.27. The summed E-state index contributed by atoms with van der Waals surface area (Å²) in [6, 6.07) is 4.18. The normalized spacial score (nSPS) is 18.3. The summed E-state index contributed by atoms with van der Waals surface area (Å²) in [4.78, 5) is 14.0. The molecule has 2 heterocycles. The second kappa shape index (κ2) is 6.21. The van der Waals surface area contributed by atoms with Gasteiger partial charge in [-0.25, -0.2) is 0 Å². The number of nitrogens with zero attached hydrogens (tertiary/aromatic N) is 2.